The topological polar surface area (TPSA) is 84.9 Å². The number of amides is 1. The summed E-state index contributed by atoms with van der Waals surface area (Å²) in [6.45, 7) is 0.303. The van der Waals surface area contributed by atoms with Crippen molar-refractivity contribution in [3.05, 3.63) is 65.5 Å². The third kappa shape index (κ3) is 4.67. The van der Waals surface area contributed by atoms with Gasteiger partial charge in [0.05, 0.1) is 12.8 Å². The van der Waals surface area contributed by atoms with E-state index in [1.54, 1.807) is 61.0 Å². The minimum absolute atomic E-state index is 0.137. The first-order valence-electron chi connectivity index (χ1n) is 9.73. The zero-order chi connectivity index (χ0) is 21.8. The number of hydrogen-bond donors (Lipinski definition) is 1. The highest BCUT2D eigenvalue weighted by atomic mass is 32.2. The molecule has 2 aromatic carbocycles. The Morgan fingerprint density at radius 3 is 2.61 bits per heavy atom. The summed E-state index contributed by atoms with van der Waals surface area (Å²) >= 11 is 1.21. The van der Waals surface area contributed by atoms with Crippen molar-refractivity contribution in [3.8, 4) is 11.5 Å². The van der Waals surface area contributed by atoms with Crippen molar-refractivity contribution in [1.29, 1.82) is 0 Å². The van der Waals surface area contributed by atoms with E-state index in [4.69, 9.17) is 9.47 Å². The summed E-state index contributed by atoms with van der Waals surface area (Å²) in [5.41, 5.74) is 2.16. The molecule has 1 aliphatic rings. The van der Waals surface area contributed by atoms with Crippen LogP contribution in [0.4, 0.5) is 11.4 Å². The highest BCUT2D eigenvalue weighted by Crippen LogP contribution is 2.34. The smallest absolute Gasteiger partial charge is 0.273 e. The van der Waals surface area contributed by atoms with E-state index in [9.17, 15) is 13.2 Å². The fourth-order valence-electron chi connectivity index (χ4n) is 3.43. The van der Waals surface area contributed by atoms with Crippen LogP contribution in [0.3, 0.4) is 0 Å². The van der Waals surface area contributed by atoms with Gasteiger partial charge < -0.3 is 14.8 Å². The van der Waals surface area contributed by atoms with Gasteiger partial charge in [-0.15, -0.1) is 11.3 Å². The van der Waals surface area contributed by atoms with E-state index in [1.807, 2.05) is 6.07 Å². The monoisotopic (exact) mass is 458 g/mol. The fraction of sp³-hybridized carbons (Fsp3) is 0.227. The first-order valence-corrected chi connectivity index (χ1v) is 12.1. The molecule has 9 heteroatoms. The Balaban J connectivity index is 1.43. The molecule has 1 aromatic heterocycles. The molecule has 2 heterocycles. The average molecular weight is 459 g/mol. The van der Waals surface area contributed by atoms with Crippen molar-refractivity contribution >= 4 is 38.6 Å². The lowest BCUT2D eigenvalue weighted by atomic mass is 10.0. The zero-order valence-electron chi connectivity index (χ0n) is 16.9. The van der Waals surface area contributed by atoms with Crippen LogP contribution in [-0.4, -0.2) is 34.6 Å². The number of nitrogens with one attached hydrogen (secondary N) is 1. The lowest BCUT2D eigenvalue weighted by molar-refractivity contribution is -0.118. The highest BCUT2D eigenvalue weighted by molar-refractivity contribution is 7.94. The molecule has 0 atom stereocenters. The molecule has 0 radical (unpaired) electrons. The number of methoxy groups -OCH3 is 1. The Bertz CT molecular complexity index is 1160. The molecule has 3 aromatic rings. The maximum atomic E-state index is 13.0. The van der Waals surface area contributed by atoms with Crippen LogP contribution in [-0.2, 0) is 21.2 Å². The van der Waals surface area contributed by atoms with Gasteiger partial charge in [0.1, 0.15) is 15.7 Å². The second-order valence-electron chi connectivity index (χ2n) is 6.97. The van der Waals surface area contributed by atoms with E-state index in [1.165, 1.54) is 15.6 Å². The predicted octanol–water partition coefficient (Wildman–Crippen LogP) is 3.92. The van der Waals surface area contributed by atoms with Gasteiger partial charge in [-0.25, -0.2) is 8.42 Å². The number of rotatable bonds is 7. The molecule has 0 bridgehead atoms. The van der Waals surface area contributed by atoms with Gasteiger partial charge in [0.2, 0.25) is 0 Å². The van der Waals surface area contributed by atoms with Crippen molar-refractivity contribution in [1.82, 2.24) is 0 Å². The minimum atomic E-state index is -3.58. The summed E-state index contributed by atoms with van der Waals surface area (Å²) in [5, 5.41) is 4.57. The van der Waals surface area contributed by atoms with Crippen LogP contribution in [0, 0.1) is 0 Å². The van der Waals surface area contributed by atoms with Gasteiger partial charge in [-0.3, -0.25) is 9.10 Å². The molecule has 7 nitrogen and oxygen atoms in total. The van der Waals surface area contributed by atoms with E-state index in [0.717, 1.165) is 18.4 Å². The van der Waals surface area contributed by atoms with E-state index in [2.05, 4.69) is 5.32 Å². The van der Waals surface area contributed by atoms with Gasteiger partial charge >= 0.3 is 0 Å². The van der Waals surface area contributed by atoms with Gasteiger partial charge in [0, 0.05) is 12.2 Å². The summed E-state index contributed by atoms with van der Waals surface area (Å²) < 4.78 is 38.3. The summed E-state index contributed by atoms with van der Waals surface area (Å²) in [4.78, 5) is 12.3. The maximum Gasteiger partial charge on any atom is 0.273 e. The maximum absolute atomic E-state index is 13.0. The Labute approximate surface area is 185 Å². The molecule has 0 unspecified atom stereocenters. The molecule has 0 spiro atoms. The Hall–Kier alpha value is -3.04. The van der Waals surface area contributed by atoms with Gasteiger partial charge in [-0.05, 0) is 72.3 Å². The van der Waals surface area contributed by atoms with E-state index < -0.39 is 10.0 Å². The summed E-state index contributed by atoms with van der Waals surface area (Å²) in [6.07, 6.45) is 1.47. The lowest BCUT2D eigenvalue weighted by Crippen LogP contribution is -2.35. The third-order valence-corrected chi connectivity index (χ3v) is 8.09. The number of ether oxygens (including phenoxy) is 2. The summed E-state index contributed by atoms with van der Waals surface area (Å²) in [5.74, 6) is 0.978. The molecule has 162 valence electrons. The second-order valence-corrected chi connectivity index (χ2v) is 10.0. The Morgan fingerprint density at radius 1 is 1.13 bits per heavy atom. The van der Waals surface area contributed by atoms with Gasteiger partial charge in [-0.2, -0.15) is 0 Å². The van der Waals surface area contributed by atoms with Crippen LogP contribution in [0.1, 0.15) is 12.0 Å². The van der Waals surface area contributed by atoms with Crippen LogP contribution in [0.5, 0.6) is 11.5 Å². The SMILES string of the molecule is COc1ccc(OCC(=O)Nc2ccc3c(c2)CCCN3S(=O)(=O)c2cccs2)cc1. The van der Waals surface area contributed by atoms with Crippen molar-refractivity contribution in [2.45, 2.75) is 17.1 Å². The van der Waals surface area contributed by atoms with Crippen LogP contribution < -0.4 is 19.1 Å². The van der Waals surface area contributed by atoms with Crippen LogP contribution in [0.2, 0.25) is 0 Å². The molecule has 0 fully saturated rings. The van der Waals surface area contributed by atoms with Gasteiger partial charge in [-0.1, -0.05) is 6.07 Å². The van der Waals surface area contributed by atoms with Crippen LogP contribution in [0.15, 0.2) is 64.2 Å². The Morgan fingerprint density at radius 2 is 1.90 bits per heavy atom. The number of sulfonamides is 1. The van der Waals surface area contributed by atoms with Gasteiger partial charge in [0.15, 0.2) is 6.61 Å². The minimum Gasteiger partial charge on any atom is -0.497 e. The number of nitrogens with zero attached hydrogens (tertiary/aromatic N) is 1. The van der Waals surface area contributed by atoms with Crippen LogP contribution >= 0.6 is 11.3 Å². The second kappa shape index (κ2) is 8.99. The molecule has 0 saturated carbocycles. The van der Waals surface area contributed by atoms with Crippen molar-refractivity contribution in [2.75, 3.05) is 29.9 Å². The first-order chi connectivity index (χ1) is 15.0. The number of thiophene rings is 1. The van der Waals surface area contributed by atoms with Crippen molar-refractivity contribution in [3.63, 3.8) is 0 Å². The van der Waals surface area contributed by atoms with Crippen molar-refractivity contribution in [2.24, 2.45) is 0 Å². The largest absolute Gasteiger partial charge is 0.497 e. The Kier molecular flexibility index (Phi) is 6.15. The number of aryl methyl sites for hydroxylation is 1. The van der Waals surface area contributed by atoms with E-state index in [-0.39, 0.29) is 12.5 Å². The summed E-state index contributed by atoms with van der Waals surface area (Å²) in [6, 6.07) is 15.6. The lowest BCUT2D eigenvalue weighted by Gasteiger charge is -2.30. The fourth-order valence-corrected chi connectivity index (χ4v) is 6.07. The quantitative estimate of drug-likeness (QED) is 0.580. The van der Waals surface area contributed by atoms with E-state index in [0.29, 0.717) is 33.6 Å². The third-order valence-electron chi connectivity index (χ3n) is 4.91. The number of anilines is 2. The van der Waals surface area contributed by atoms with Crippen LogP contribution in [0.25, 0.3) is 0 Å². The number of hydrogen-bond acceptors (Lipinski definition) is 6. The number of carbonyl (C=O) groups is 1. The molecule has 31 heavy (non-hydrogen) atoms. The predicted molar refractivity (Wildman–Crippen MR) is 121 cm³/mol. The number of carbonyl (C=O) groups excluding carboxylic acids is 1. The van der Waals surface area contributed by atoms with E-state index >= 15 is 0 Å². The molecule has 0 saturated heterocycles. The molecular weight excluding hydrogens is 436 g/mol. The molecule has 0 aliphatic carbocycles. The normalized spacial score (nSPS) is 13.4. The molecular formula is C22H22N2O5S2. The molecule has 1 amide bonds. The molecule has 1 aliphatic heterocycles. The van der Waals surface area contributed by atoms with Crippen molar-refractivity contribution < 1.29 is 22.7 Å². The van der Waals surface area contributed by atoms with Gasteiger partial charge in [0.25, 0.3) is 15.9 Å². The standard InChI is InChI=1S/C22H22N2O5S2/c1-28-18-7-9-19(10-8-18)29-15-21(25)23-17-6-11-20-16(14-17)4-2-12-24(20)31(26,27)22-5-3-13-30-22/h3,5-11,13-14H,2,4,12,15H2,1H3,(H,23,25). The number of fused-ring (bicyclic) bond motifs is 1. The molecule has 1 N–H and O–H groups in total. The average Bonchev–Trinajstić information content (AvgIpc) is 3.33. The first kappa shape index (κ1) is 21.2. The molecule has 4 rings (SSSR count). The summed E-state index contributed by atoms with van der Waals surface area (Å²) in [7, 11) is -1.99. The highest BCUT2D eigenvalue weighted by Gasteiger charge is 2.29. The zero-order valence-corrected chi connectivity index (χ0v) is 18.5. The number of benzene rings is 2.